The standard InChI is InChI=1S/C9H8ClF4NO/c10-4-6-2-1-3-7(15-6)16-5-9(13,14)8(11)12/h1-3,8H,4-5H2. The molecule has 0 saturated heterocycles. The van der Waals surface area contributed by atoms with Crippen molar-refractivity contribution in [3.8, 4) is 5.88 Å². The molecule has 1 aromatic heterocycles. The highest BCUT2D eigenvalue weighted by atomic mass is 35.5. The van der Waals surface area contributed by atoms with Gasteiger partial charge in [0.25, 0.3) is 0 Å². The lowest BCUT2D eigenvalue weighted by atomic mass is 10.3. The van der Waals surface area contributed by atoms with Crippen LogP contribution in [-0.4, -0.2) is 23.9 Å². The van der Waals surface area contributed by atoms with Gasteiger partial charge in [-0.3, -0.25) is 0 Å². The van der Waals surface area contributed by atoms with Crippen LogP contribution < -0.4 is 4.74 Å². The molecule has 0 N–H and O–H groups in total. The molecule has 0 unspecified atom stereocenters. The van der Waals surface area contributed by atoms with Gasteiger partial charge < -0.3 is 4.74 Å². The maximum Gasteiger partial charge on any atom is 0.340 e. The summed E-state index contributed by atoms with van der Waals surface area (Å²) >= 11 is 5.45. The topological polar surface area (TPSA) is 22.1 Å². The molecule has 0 aromatic carbocycles. The van der Waals surface area contributed by atoms with Gasteiger partial charge in [0.2, 0.25) is 5.88 Å². The highest BCUT2D eigenvalue weighted by Crippen LogP contribution is 2.23. The Morgan fingerprint density at radius 1 is 1.38 bits per heavy atom. The van der Waals surface area contributed by atoms with Crippen LogP contribution in [0.3, 0.4) is 0 Å². The summed E-state index contributed by atoms with van der Waals surface area (Å²) in [5.74, 6) is -4.25. The van der Waals surface area contributed by atoms with Crippen LogP contribution in [0.4, 0.5) is 17.6 Å². The van der Waals surface area contributed by atoms with Gasteiger partial charge in [0, 0.05) is 6.07 Å². The minimum atomic E-state index is -4.18. The molecule has 2 nitrogen and oxygen atoms in total. The molecule has 0 fully saturated rings. The fourth-order valence-corrected chi connectivity index (χ4v) is 0.994. The minimum Gasteiger partial charge on any atom is -0.471 e. The van der Waals surface area contributed by atoms with Crippen molar-refractivity contribution in [3.05, 3.63) is 23.9 Å². The third-order valence-electron chi connectivity index (χ3n) is 1.65. The van der Waals surface area contributed by atoms with Crippen LogP contribution in [0.25, 0.3) is 0 Å². The van der Waals surface area contributed by atoms with E-state index < -0.39 is 19.0 Å². The van der Waals surface area contributed by atoms with Gasteiger partial charge in [-0.25, -0.2) is 13.8 Å². The maximum absolute atomic E-state index is 12.5. The van der Waals surface area contributed by atoms with Crippen molar-refractivity contribution in [1.82, 2.24) is 4.98 Å². The normalized spacial score (nSPS) is 11.9. The SMILES string of the molecule is FC(F)C(F)(F)COc1cccc(CCl)n1. The molecule has 7 heteroatoms. The Bertz CT molecular complexity index is 348. The number of pyridine rings is 1. The third-order valence-corrected chi connectivity index (χ3v) is 1.92. The smallest absolute Gasteiger partial charge is 0.340 e. The second kappa shape index (κ2) is 5.34. The number of nitrogens with zero attached hydrogens (tertiary/aromatic N) is 1. The summed E-state index contributed by atoms with van der Waals surface area (Å²) in [5.41, 5.74) is 0.416. The highest BCUT2D eigenvalue weighted by molar-refractivity contribution is 6.16. The van der Waals surface area contributed by atoms with E-state index in [1.54, 1.807) is 6.07 Å². The van der Waals surface area contributed by atoms with E-state index in [0.29, 0.717) is 5.69 Å². The Labute approximate surface area is 94.2 Å². The molecule has 0 atom stereocenters. The van der Waals surface area contributed by atoms with Gasteiger partial charge in [-0.15, -0.1) is 11.6 Å². The van der Waals surface area contributed by atoms with Gasteiger partial charge in [-0.2, -0.15) is 8.78 Å². The number of ether oxygens (including phenoxy) is 1. The van der Waals surface area contributed by atoms with Crippen LogP contribution in [-0.2, 0) is 5.88 Å². The van der Waals surface area contributed by atoms with Crippen LogP contribution in [0.15, 0.2) is 18.2 Å². The molecule has 0 radical (unpaired) electrons. The van der Waals surface area contributed by atoms with Gasteiger partial charge in [-0.1, -0.05) is 6.07 Å². The largest absolute Gasteiger partial charge is 0.471 e. The van der Waals surface area contributed by atoms with Crippen LogP contribution in [0, 0.1) is 0 Å². The van der Waals surface area contributed by atoms with Gasteiger partial charge >= 0.3 is 12.3 Å². The van der Waals surface area contributed by atoms with Crippen LogP contribution in [0.1, 0.15) is 5.69 Å². The molecule has 1 rings (SSSR count). The number of hydrogen-bond donors (Lipinski definition) is 0. The maximum atomic E-state index is 12.5. The van der Waals surface area contributed by atoms with Crippen molar-refractivity contribution in [1.29, 1.82) is 0 Å². The monoisotopic (exact) mass is 257 g/mol. The first-order valence-corrected chi connectivity index (χ1v) is 4.80. The predicted octanol–water partition coefficient (Wildman–Crippen LogP) is 3.10. The van der Waals surface area contributed by atoms with E-state index >= 15 is 0 Å². The molecule has 0 saturated carbocycles. The van der Waals surface area contributed by atoms with Crippen molar-refractivity contribution in [2.75, 3.05) is 6.61 Å². The minimum absolute atomic E-state index is 0.0858. The van der Waals surface area contributed by atoms with Crippen LogP contribution in [0.5, 0.6) is 5.88 Å². The Balaban J connectivity index is 2.60. The summed E-state index contributed by atoms with van der Waals surface area (Å²) in [6.07, 6.45) is -3.76. The summed E-state index contributed by atoms with van der Waals surface area (Å²) in [7, 11) is 0. The van der Waals surface area contributed by atoms with E-state index in [9.17, 15) is 17.6 Å². The van der Waals surface area contributed by atoms with Gasteiger partial charge in [-0.05, 0) is 6.07 Å². The Kier molecular flexibility index (Phi) is 4.35. The van der Waals surface area contributed by atoms with Gasteiger partial charge in [0.05, 0.1) is 11.6 Å². The number of rotatable bonds is 5. The third kappa shape index (κ3) is 3.52. The summed E-state index contributed by atoms with van der Waals surface area (Å²) in [4.78, 5) is 3.72. The summed E-state index contributed by atoms with van der Waals surface area (Å²) in [5, 5.41) is 0. The first-order chi connectivity index (χ1) is 7.45. The molecular weight excluding hydrogens is 250 g/mol. The van der Waals surface area contributed by atoms with Crippen molar-refractivity contribution in [3.63, 3.8) is 0 Å². The van der Waals surface area contributed by atoms with E-state index in [-0.39, 0.29) is 11.8 Å². The lowest BCUT2D eigenvalue weighted by Gasteiger charge is -2.15. The van der Waals surface area contributed by atoms with Gasteiger partial charge in [0.15, 0.2) is 6.61 Å². The molecule has 1 aromatic rings. The van der Waals surface area contributed by atoms with E-state index in [2.05, 4.69) is 9.72 Å². The Hall–Kier alpha value is -1.04. The number of alkyl halides is 5. The molecule has 0 aliphatic carbocycles. The van der Waals surface area contributed by atoms with Crippen LogP contribution >= 0.6 is 11.6 Å². The van der Waals surface area contributed by atoms with E-state index in [0.717, 1.165) is 0 Å². The average molecular weight is 258 g/mol. The Morgan fingerprint density at radius 3 is 2.62 bits per heavy atom. The zero-order valence-corrected chi connectivity index (χ0v) is 8.72. The zero-order valence-electron chi connectivity index (χ0n) is 7.97. The Morgan fingerprint density at radius 2 is 2.06 bits per heavy atom. The summed E-state index contributed by atoms with van der Waals surface area (Å²) < 4.78 is 53.0. The molecule has 90 valence electrons. The second-order valence-corrected chi connectivity index (χ2v) is 3.22. The van der Waals surface area contributed by atoms with E-state index in [4.69, 9.17) is 11.6 Å². The fourth-order valence-electron chi connectivity index (χ4n) is 0.846. The lowest BCUT2D eigenvalue weighted by Crippen LogP contribution is -2.33. The first kappa shape index (κ1) is 13.0. The molecular formula is C9H8ClF4NO. The van der Waals surface area contributed by atoms with Gasteiger partial charge in [0.1, 0.15) is 0 Å². The molecule has 0 spiro atoms. The second-order valence-electron chi connectivity index (χ2n) is 2.95. The summed E-state index contributed by atoms with van der Waals surface area (Å²) in [6.45, 7) is -1.41. The number of hydrogen-bond acceptors (Lipinski definition) is 2. The first-order valence-electron chi connectivity index (χ1n) is 4.26. The van der Waals surface area contributed by atoms with Crippen molar-refractivity contribution >= 4 is 11.6 Å². The molecule has 16 heavy (non-hydrogen) atoms. The molecule has 0 aliphatic heterocycles. The number of halogens is 5. The summed E-state index contributed by atoms with van der Waals surface area (Å²) in [6, 6.07) is 4.34. The number of aromatic nitrogens is 1. The highest BCUT2D eigenvalue weighted by Gasteiger charge is 2.41. The molecule has 1 heterocycles. The molecule has 0 amide bonds. The van der Waals surface area contributed by atoms with Crippen molar-refractivity contribution in [2.45, 2.75) is 18.2 Å². The predicted molar refractivity (Wildman–Crippen MR) is 50.2 cm³/mol. The average Bonchev–Trinajstić information content (AvgIpc) is 2.26. The fraction of sp³-hybridized carbons (Fsp3) is 0.444. The molecule has 0 aliphatic rings. The van der Waals surface area contributed by atoms with E-state index in [1.807, 2.05) is 0 Å². The molecule has 0 bridgehead atoms. The quantitative estimate of drug-likeness (QED) is 0.597. The van der Waals surface area contributed by atoms with Crippen LogP contribution in [0.2, 0.25) is 0 Å². The van der Waals surface area contributed by atoms with Crippen molar-refractivity contribution in [2.24, 2.45) is 0 Å². The zero-order chi connectivity index (χ0) is 12.2. The van der Waals surface area contributed by atoms with E-state index in [1.165, 1.54) is 12.1 Å². The van der Waals surface area contributed by atoms with Crippen molar-refractivity contribution < 1.29 is 22.3 Å². The lowest BCUT2D eigenvalue weighted by molar-refractivity contribution is -0.148.